The van der Waals surface area contributed by atoms with Crippen molar-refractivity contribution in [1.82, 2.24) is 5.32 Å². The Hall–Kier alpha value is -2.24. The molecule has 0 bridgehead atoms. The van der Waals surface area contributed by atoms with Gasteiger partial charge in [0.15, 0.2) is 0 Å². The summed E-state index contributed by atoms with van der Waals surface area (Å²) in [6.45, 7) is 2.76. The van der Waals surface area contributed by atoms with Crippen molar-refractivity contribution in [1.29, 1.82) is 0 Å². The van der Waals surface area contributed by atoms with Crippen molar-refractivity contribution >= 4 is 46.4 Å². The average Bonchev–Trinajstić information content (AvgIpc) is 2.63. The van der Waals surface area contributed by atoms with Crippen LogP contribution in [0.2, 0.25) is 10.0 Å². The van der Waals surface area contributed by atoms with E-state index in [0.29, 0.717) is 33.5 Å². The summed E-state index contributed by atoms with van der Waals surface area (Å²) in [6.07, 6.45) is 1.96. The zero-order chi connectivity index (χ0) is 18.9. The molecule has 0 saturated carbocycles. The van der Waals surface area contributed by atoms with Crippen LogP contribution in [-0.2, 0) is 4.79 Å². The predicted octanol–water partition coefficient (Wildman–Crippen LogP) is 4.57. The second kappa shape index (κ2) is 10.0. The van der Waals surface area contributed by atoms with Crippen LogP contribution < -0.4 is 16.0 Å². The van der Waals surface area contributed by atoms with Gasteiger partial charge in [0.1, 0.15) is 0 Å². The molecular weight excluding hydrogens is 373 g/mol. The first-order valence-corrected chi connectivity index (χ1v) is 9.12. The van der Waals surface area contributed by atoms with Crippen LogP contribution in [0.5, 0.6) is 0 Å². The molecule has 0 fully saturated rings. The van der Waals surface area contributed by atoms with Crippen LogP contribution in [-0.4, -0.2) is 24.9 Å². The minimum absolute atomic E-state index is 0.0415. The van der Waals surface area contributed by atoms with Gasteiger partial charge in [-0.05, 0) is 42.8 Å². The fraction of sp³-hybridized carbons (Fsp3) is 0.263. The van der Waals surface area contributed by atoms with E-state index in [-0.39, 0.29) is 18.4 Å². The van der Waals surface area contributed by atoms with Gasteiger partial charge in [0, 0.05) is 22.8 Å². The van der Waals surface area contributed by atoms with E-state index >= 15 is 0 Å². The molecule has 2 aromatic rings. The molecular formula is C19H21Cl2N3O2. The number of carbonyl (C=O) groups excluding carboxylic acids is 2. The van der Waals surface area contributed by atoms with E-state index in [4.69, 9.17) is 23.2 Å². The molecule has 0 aliphatic rings. The third kappa shape index (κ3) is 6.24. The number of rotatable bonds is 8. The molecule has 0 heterocycles. The first-order valence-electron chi connectivity index (χ1n) is 8.36. The van der Waals surface area contributed by atoms with Crippen molar-refractivity contribution in [3.8, 4) is 0 Å². The topological polar surface area (TPSA) is 70.2 Å². The molecule has 2 rings (SSSR count). The molecule has 0 spiro atoms. The summed E-state index contributed by atoms with van der Waals surface area (Å²) in [5.41, 5.74) is 1.73. The smallest absolute Gasteiger partial charge is 0.251 e. The molecule has 3 N–H and O–H groups in total. The molecule has 2 amide bonds. The molecule has 26 heavy (non-hydrogen) atoms. The van der Waals surface area contributed by atoms with Crippen molar-refractivity contribution in [2.24, 2.45) is 0 Å². The Labute approximate surface area is 163 Å². The van der Waals surface area contributed by atoms with Gasteiger partial charge in [-0.15, -0.1) is 0 Å². The van der Waals surface area contributed by atoms with Gasteiger partial charge in [-0.2, -0.15) is 0 Å². The van der Waals surface area contributed by atoms with E-state index in [9.17, 15) is 9.59 Å². The molecule has 0 saturated heterocycles. The largest absolute Gasteiger partial charge is 0.376 e. The highest BCUT2D eigenvalue weighted by Crippen LogP contribution is 2.25. The van der Waals surface area contributed by atoms with Gasteiger partial charge in [-0.1, -0.05) is 42.6 Å². The fourth-order valence-corrected chi connectivity index (χ4v) is 2.67. The average molecular weight is 394 g/mol. The van der Waals surface area contributed by atoms with Crippen LogP contribution in [0.4, 0.5) is 11.4 Å². The Morgan fingerprint density at radius 1 is 1.08 bits per heavy atom. The Morgan fingerprint density at radius 3 is 2.62 bits per heavy atom. The molecule has 0 radical (unpaired) electrons. The summed E-state index contributed by atoms with van der Waals surface area (Å²) in [7, 11) is 0. The predicted molar refractivity (Wildman–Crippen MR) is 107 cm³/mol. The Bertz CT molecular complexity index is 781. The summed E-state index contributed by atoms with van der Waals surface area (Å²) >= 11 is 11.9. The maximum atomic E-state index is 12.1. The zero-order valence-corrected chi connectivity index (χ0v) is 16.0. The monoisotopic (exact) mass is 393 g/mol. The van der Waals surface area contributed by atoms with E-state index in [2.05, 4.69) is 22.9 Å². The number of halogens is 2. The lowest BCUT2D eigenvalue weighted by molar-refractivity contribution is -0.114. The minimum atomic E-state index is -0.257. The highest BCUT2D eigenvalue weighted by Gasteiger charge is 2.08. The van der Waals surface area contributed by atoms with Gasteiger partial charge in [0.05, 0.1) is 17.3 Å². The standard InChI is InChI=1S/C19H21Cl2N3O2/c1-2-3-9-22-19(26)13-5-4-6-15(10-13)23-12-18(25)24-17-8-7-14(20)11-16(17)21/h4-8,10-11,23H,2-3,9,12H2,1H3,(H,22,26)(H,24,25). The number of unbranched alkanes of at least 4 members (excludes halogenated alkanes) is 1. The third-order valence-corrected chi connectivity index (χ3v) is 4.15. The summed E-state index contributed by atoms with van der Waals surface area (Å²) in [4.78, 5) is 24.1. The highest BCUT2D eigenvalue weighted by atomic mass is 35.5. The van der Waals surface area contributed by atoms with Gasteiger partial charge in [0.25, 0.3) is 5.91 Å². The van der Waals surface area contributed by atoms with Crippen molar-refractivity contribution in [3.63, 3.8) is 0 Å². The number of anilines is 2. The molecule has 2 aromatic carbocycles. The number of hydrogen-bond acceptors (Lipinski definition) is 3. The van der Waals surface area contributed by atoms with Gasteiger partial charge in [-0.3, -0.25) is 9.59 Å². The summed E-state index contributed by atoms with van der Waals surface area (Å²) in [6, 6.07) is 11.9. The second-order valence-electron chi connectivity index (χ2n) is 5.72. The summed E-state index contributed by atoms with van der Waals surface area (Å²) in [5.74, 6) is -0.383. The normalized spacial score (nSPS) is 10.3. The fourth-order valence-electron chi connectivity index (χ4n) is 2.22. The number of carbonyl (C=O) groups is 2. The van der Waals surface area contributed by atoms with Crippen molar-refractivity contribution < 1.29 is 9.59 Å². The molecule has 0 aliphatic heterocycles. The first kappa shape index (κ1) is 20.1. The van der Waals surface area contributed by atoms with E-state index in [1.807, 2.05) is 0 Å². The maximum Gasteiger partial charge on any atom is 0.251 e. The lowest BCUT2D eigenvalue weighted by Gasteiger charge is -2.10. The van der Waals surface area contributed by atoms with Crippen molar-refractivity contribution in [3.05, 3.63) is 58.1 Å². The van der Waals surface area contributed by atoms with Crippen LogP contribution in [0.25, 0.3) is 0 Å². The lowest BCUT2D eigenvalue weighted by Crippen LogP contribution is -2.25. The minimum Gasteiger partial charge on any atom is -0.376 e. The SMILES string of the molecule is CCCCNC(=O)c1cccc(NCC(=O)Nc2ccc(Cl)cc2Cl)c1. The van der Waals surface area contributed by atoms with Crippen molar-refractivity contribution in [2.45, 2.75) is 19.8 Å². The van der Waals surface area contributed by atoms with E-state index < -0.39 is 0 Å². The first-order chi connectivity index (χ1) is 12.5. The highest BCUT2D eigenvalue weighted by molar-refractivity contribution is 6.36. The Morgan fingerprint density at radius 2 is 1.88 bits per heavy atom. The van der Waals surface area contributed by atoms with Crippen molar-refractivity contribution in [2.75, 3.05) is 23.7 Å². The summed E-state index contributed by atoms with van der Waals surface area (Å²) < 4.78 is 0. The van der Waals surface area contributed by atoms with Crippen LogP contribution in [0.1, 0.15) is 30.1 Å². The number of amides is 2. The Kier molecular flexibility index (Phi) is 7.75. The Balaban J connectivity index is 1.89. The molecule has 5 nitrogen and oxygen atoms in total. The van der Waals surface area contributed by atoms with Crippen LogP contribution >= 0.6 is 23.2 Å². The molecule has 0 atom stereocenters. The van der Waals surface area contributed by atoms with Crippen LogP contribution in [0.3, 0.4) is 0 Å². The molecule has 7 heteroatoms. The van der Waals surface area contributed by atoms with Crippen LogP contribution in [0, 0.1) is 0 Å². The van der Waals surface area contributed by atoms with E-state index in [0.717, 1.165) is 12.8 Å². The van der Waals surface area contributed by atoms with Gasteiger partial charge >= 0.3 is 0 Å². The number of nitrogens with one attached hydrogen (secondary N) is 3. The quantitative estimate of drug-likeness (QED) is 0.575. The lowest BCUT2D eigenvalue weighted by atomic mass is 10.2. The van der Waals surface area contributed by atoms with E-state index in [1.54, 1.807) is 42.5 Å². The number of hydrogen-bond donors (Lipinski definition) is 3. The molecule has 138 valence electrons. The number of benzene rings is 2. The molecule has 0 unspecified atom stereocenters. The van der Waals surface area contributed by atoms with Gasteiger partial charge in [0.2, 0.25) is 5.91 Å². The molecule has 0 aliphatic carbocycles. The summed E-state index contributed by atoms with van der Waals surface area (Å²) in [5, 5.41) is 9.44. The van der Waals surface area contributed by atoms with Gasteiger partial charge in [-0.25, -0.2) is 0 Å². The van der Waals surface area contributed by atoms with E-state index in [1.165, 1.54) is 0 Å². The van der Waals surface area contributed by atoms with Gasteiger partial charge < -0.3 is 16.0 Å². The zero-order valence-electron chi connectivity index (χ0n) is 14.4. The molecule has 0 aromatic heterocycles. The second-order valence-corrected chi connectivity index (χ2v) is 6.56. The maximum absolute atomic E-state index is 12.1. The third-order valence-electron chi connectivity index (χ3n) is 3.60. The van der Waals surface area contributed by atoms with Crippen LogP contribution in [0.15, 0.2) is 42.5 Å².